The van der Waals surface area contributed by atoms with Gasteiger partial charge in [-0.25, -0.2) is 0 Å². The number of carbonyl (C=O) groups is 1. The van der Waals surface area contributed by atoms with Gasteiger partial charge in [-0.2, -0.15) is 0 Å². The number of benzene rings is 1. The fraction of sp³-hybridized carbons (Fsp3) is 0.588. The second-order valence-electron chi connectivity index (χ2n) is 6.89. The van der Waals surface area contributed by atoms with Crippen molar-refractivity contribution in [2.45, 2.75) is 52.5 Å². The van der Waals surface area contributed by atoms with Crippen LogP contribution < -0.4 is 11.1 Å². The monoisotopic (exact) mass is 312 g/mol. The van der Waals surface area contributed by atoms with Gasteiger partial charge in [-0.3, -0.25) is 4.79 Å². The fourth-order valence-corrected chi connectivity index (χ4v) is 2.04. The first kappa shape index (κ1) is 19.9. The predicted molar refractivity (Wildman–Crippen MR) is 91.7 cm³/mol. The summed E-state index contributed by atoms with van der Waals surface area (Å²) in [5, 5.41) is 2.95. The van der Waals surface area contributed by atoms with E-state index in [9.17, 15) is 4.79 Å². The Morgan fingerprint density at radius 3 is 2.24 bits per heavy atom. The summed E-state index contributed by atoms with van der Waals surface area (Å²) in [5.74, 6) is 0.0871. The number of hydrogen-bond donors (Lipinski definition) is 2. The van der Waals surface area contributed by atoms with Crippen LogP contribution in [0.3, 0.4) is 0 Å². The minimum Gasteiger partial charge on any atom is -0.354 e. The highest BCUT2D eigenvalue weighted by atomic mass is 35.5. The van der Waals surface area contributed by atoms with Gasteiger partial charge in [0, 0.05) is 17.5 Å². The molecule has 3 N–H and O–H groups in total. The SMILES string of the molecule is CC(C)(N)CNC(=O)C(C)(C)CCCc1ccccc1.Cl. The van der Waals surface area contributed by atoms with E-state index in [1.807, 2.05) is 33.8 Å². The number of halogens is 1. The van der Waals surface area contributed by atoms with Gasteiger partial charge >= 0.3 is 0 Å². The number of nitrogens with one attached hydrogen (secondary N) is 1. The molecule has 1 aromatic carbocycles. The number of carbonyl (C=O) groups excluding carboxylic acids is 1. The van der Waals surface area contributed by atoms with Crippen molar-refractivity contribution in [2.75, 3.05) is 6.54 Å². The van der Waals surface area contributed by atoms with E-state index in [2.05, 4.69) is 29.6 Å². The first-order valence-electron chi connectivity index (χ1n) is 7.32. The van der Waals surface area contributed by atoms with E-state index in [0.717, 1.165) is 19.3 Å². The molecule has 3 nitrogen and oxygen atoms in total. The number of amides is 1. The van der Waals surface area contributed by atoms with Gasteiger partial charge < -0.3 is 11.1 Å². The average molecular weight is 313 g/mol. The highest BCUT2D eigenvalue weighted by Gasteiger charge is 2.27. The van der Waals surface area contributed by atoms with Crippen molar-refractivity contribution in [2.24, 2.45) is 11.1 Å². The van der Waals surface area contributed by atoms with Crippen LogP contribution >= 0.6 is 12.4 Å². The van der Waals surface area contributed by atoms with Crippen molar-refractivity contribution >= 4 is 18.3 Å². The van der Waals surface area contributed by atoms with Gasteiger partial charge in [0.15, 0.2) is 0 Å². The maximum Gasteiger partial charge on any atom is 0.225 e. The van der Waals surface area contributed by atoms with E-state index in [4.69, 9.17) is 5.73 Å². The van der Waals surface area contributed by atoms with E-state index in [0.29, 0.717) is 6.54 Å². The third-order valence-corrected chi connectivity index (χ3v) is 3.43. The molecule has 1 rings (SSSR count). The Kier molecular flexibility index (Phi) is 7.98. The van der Waals surface area contributed by atoms with Crippen LogP contribution in [0, 0.1) is 5.41 Å². The van der Waals surface area contributed by atoms with E-state index in [1.165, 1.54) is 5.56 Å². The first-order valence-corrected chi connectivity index (χ1v) is 7.32. The van der Waals surface area contributed by atoms with Crippen LogP contribution in [-0.4, -0.2) is 18.0 Å². The minimum atomic E-state index is -0.365. The van der Waals surface area contributed by atoms with Gasteiger partial charge in [0.1, 0.15) is 0 Å². The quantitative estimate of drug-likeness (QED) is 0.811. The van der Waals surface area contributed by atoms with E-state index >= 15 is 0 Å². The molecule has 0 aliphatic heterocycles. The molecule has 0 radical (unpaired) electrons. The maximum atomic E-state index is 12.2. The van der Waals surface area contributed by atoms with Crippen molar-refractivity contribution in [3.8, 4) is 0 Å². The summed E-state index contributed by atoms with van der Waals surface area (Å²) in [6.45, 7) is 8.33. The molecule has 4 heteroatoms. The molecule has 0 bridgehead atoms. The lowest BCUT2D eigenvalue weighted by atomic mass is 9.85. The lowest BCUT2D eigenvalue weighted by molar-refractivity contribution is -0.129. The average Bonchev–Trinajstić information content (AvgIpc) is 2.36. The topological polar surface area (TPSA) is 55.1 Å². The normalized spacial score (nSPS) is 11.7. The van der Waals surface area contributed by atoms with Crippen LogP contribution in [0.2, 0.25) is 0 Å². The van der Waals surface area contributed by atoms with E-state index in [1.54, 1.807) is 0 Å². The van der Waals surface area contributed by atoms with Gasteiger partial charge in [-0.1, -0.05) is 44.2 Å². The molecule has 21 heavy (non-hydrogen) atoms. The highest BCUT2D eigenvalue weighted by molar-refractivity contribution is 5.85. The standard InChI is InChI=1S/C17H28N2O.ClH/c1-16(2,15(20)19-13-17(3,4)18)12-8-11-14-9-6-5-7-10-14;/h5-7,9-10H,8,11-13,18H2,1-4H3,(H,19,20);1H. The molecule has 0 aliphatic rings. The Morgan fingerprint density at radius 2 is 1.71 bits per heavy atom. The largest absolute Gasteiger partial charge is 0.354 e. The van der Waals surface area contributed by atoms with Crippen molar-refractivity contribution in [1.82, 2.24) is 5.32 Å². The van der Waals surface area contributed by atoms with Crippen molar-refractivity contribution in [3.63, 3.8) is 0 Å². The number of aryl methyl sites for hydroxylation is 1. The van der Waals surface area contributed by atoms with Gasteiger partial charge in [0.25, 0.3) is 0 Å². The molecule has 120 valence electrons. The zero-order chi connectivity index (χ0) is 15.2. The number of nitrogens with two attached hydrogens (primary N) is 1. The van der Waals surface area contributed by atoms with E-state index in [-0.39, 0.29) is 29.3 Å². The third kappa shape index (κ3) is 8.08. The van der Waals surface area contributed by atoms with Crippen LogP contribution in [0.4, 0.5) is 0 Å². The minimum absolute atomic E-state index is 0. The zero-order valence-electron chi connectivity index (χ0n) is 13.6. The lowest BCUT2D eigenvalue weighted by Gasteiger charge is -2.26. The Bertz CT molecular complexity index is 424. The van der Waals surface area contributed by atoms with Crippen LogP contribution in [0.5, 0.6) is 0 Å². The summed E-state index contributed by atoms with van der Waals surface area (Å²) in [5.41, 5.74) is 6.50. The second-order valence-corrected chi connectivity index (χ2v) is 6.89. The molecule has 0 fully saturated rings. The maximum absolute atomic E-state index is 12.2. The van der Waals surface area contributed by atoms with Crippen LogP contribution in [0.25, 0.3) is 0 Å². The molecular weight excluding hydrogens is 284 g/mol. The fourth-order valence-electron chi connectivity index (χ4n) is 2.04. The summed E-state index contributed by atoms with van der Waals surface area (Å²) in [4.78, 5) is 12.2. The van der Waals surface area contributed by atoms with Crippen LogP contribution in [0.1, 0.15) is 46.1 Å². The third-order valence-electron chi connectivity index (χ3n) is 3.43. The van der Waals surface area contributed by atoms with E-state index < -0.39 is 0 Å². The van der Waals surface area contributed by atoms with Gasteiger partial charge in [0.2, 0.25) is 5.91 Å². The summed E-state index contributed by atoms with van der Waals surface area (Å²) in [7, 11) is 0. The summed E-state index contributed by atoms with van der Waals surface area (Å²) >= 11 is 0. The summed E-state index contributed by atoms with van der Waals surface area (Å²) in [6, 6.07) is 10.4. The molecule has 0 atom stereocenters. The Hall–Kier alpha value is -1.06. The van der Waals surface area contributed by atoms with Crippen LogP contribution in [0.15, 0.2) is 30.3 Å². The molecule has 0 heterocycles. The molecule has 0 saturated heterocycles. The first-order chi connectivity index (χ1) is 9.21. The Balaban J connectivity index is 0.00000400. The highest BCUT2D eigenvalue weighted by Crippen LogP contribution is 2.23. The molecule has 0 aliphatic carbocycles. The molecule has 1 amide bonds. The predicted octanol–water partition coefficient (Wildman–Crippen LogP) is 3.31. The Labute approximate surface area is 135 Å². The van der Waals surface area contributed by atoms with Gasteiger partial charge in [-0.05, 0) is 38.7 Å². The molecule has 0 saturated carbocycles. The zero-order valence-corrected chi connectivity index (χ0v) is 14.4. The number of hydrogen-bond acceptors (Lipinski definition) is 2. The smallest absolute Gasteiger partial charge is 0.225 e. The summed E-state index contributed by atoms with van der Waals surface area (Å²) in [6.07, 6.45) is 2.90. The van der Waals surface area contributed by atoms with Crippen molar-refractivity contribution in [1.29, 1.82) is 0 Å². The molecule has 0 unspecified atom stereocenters. The lowest BCUT2D eigenvalue weighted by Crippen LogP contribution is -2.48. The Morgan fingerprint density at radius 1 is 1.14 bits per heavy atom. The second kappa shape index (κ2) is 8.40. The molecule has 1 aromatic rings. The summed E-state index contributed by atoms with van der Waals surface area (Å²) < 4.78 is 0. The number of rotatable bonds is 7. The van der Waals surface area contributed by atoms with Crippen molar-refractivity contribution in [3.05, 3.63) is 35.9 Å². The molecule has 0 aromatic heterocycles. The van der Waals surface area contributed by atoms with Gasteiger partial charge in [0.05, 0.1) is 0 Å². The molecule has 0 spiro atoms. The van der Waals surface area contributed by atoms with Crippen LogP contribution in [-0.2, 0) is 11.2 Å². The molecular formula is C17H29ClN2O. The van der Waals surface area contributed by atoms with Crippen molar-refractivity contribution < 1.29 is 4.79 Å². The van der Waals surface area contributed by atoms with Gasteiger partial charge in [-0.15, -0.1) is 12.4 Å².